The molecule has 1 aromatic heterocycles. The van der Waals surface area contributed by atoms with Crippen LogP contribution < -0.4 is 0 Å². The predicted octanol–water partition coefficient (Wildman–Crippen LogP) is 2.76. The van der Waals surface area contributed by atoms with E-state index in [1.165, 1.54) is 0 Å². The van der Waals surface area contributed by atoms with Crippen LogP contribution in [0, 0.1) is 0 Å². The Kier molecular flexibility index (Phi) is 3.85. The molecule has 2 fully saturated rings. The lowest BCUT2D eigenvalue weighted by Gasteiger charge is -2.23. The Morgan fingerprint density at radius 2 is 2.29 bits per heavy atom. The van der Waals surface area contributed by atoms with Crippen molar-refractivity contribution in [3.8, 4) is 0 Å². The number of aromatic nitrogens is 2. The quantitative estimate of drug-likeness (QED) is 0.895. The van der Waals surface area contributed by atoms with E-state index in [2.05, 4.69) is 10.2 Å². The number of carbonyl (C=O) groups excluding carboxylic acids is 1. The highest BCUT2D eigenvalue weighted by molar-refractivity contribution is 6.30. The number of hydrogen-bond acceptors (Lipinski definition) is 3. The smallest absolute Gasteiger partial charge is 0.257 e. The summed E-state index contributed by atoms with van der Waals surface area (Å²) in [7, 11) is 0. The third-order valence-electron chi connectivity index (χ3n) is 4.93. The lowest BCUT2D eigenvalue weighted by Crippen LogP contribution is -2.37. The zero-order valence-corrected chi connectivity index (χ0v) is 14.1. The topological polar surface area (TPSA) is 69.2 Å². The van der Waals surface area contributed by atoms with Gasteiger partial charge in [0, 0.05) is 23.9 Å². The summed E-state index contributed by atoms with van der Waals surface area (Å²) in [5.41, 5.74) is 1.69. The van der Waals surface area contributed by atoms with E-state index in [1.54, 1.807) is 11.1 Å². The third-order valence-corrected chi connectivity index (χ3v) is 5.16. The maximum absolute atomic E-state index is 12.8. The molecule has 2 aliphatic rings. The van der Waals surface area contributed by atoms with Gasteiger partial charge in [0.1, 0.15) is 0 Å². The summed E-state index contributed by atoms with van der Waals surface area (Å²) >= 11 is 6.02. The molecule has 2 aromatic rings. The van der Waals surface area contributed by atoms with Crippen LogP contribution in [0.3, 0.4) is 0 Å². The molecule has 0 radical (unpaired) electrons. The van der Waals surface area contributed by atoms with E-state index in [0.29, 0.717) is 42.4 Å². The van der Waals surface area contributed by atoms with Crippen LogP contribution in [0.4, 0.5) is 0 Å². The van der Waals surface area contributed by atoms with Crippen molar-refractivity contribution >= 4 is 17.5 Å². The summed E-state index contributed by atoms with van der Waals surface area (Å²) in [5, 5.41) is 18.5. The molecule has 1 aliphatic carbocycles. The summed E-state index contributed by atoms with van der Waals surface area (Å²) in [6.07, 6.45) is 4.91. The van der Waals surface area contributed by atoms with Gasteiger partial charge in [0.05, 0.1) is 29.6 Å². The second-order valence-corrected chi connectivity index (χ2v) is 7.42. The van der Waals surface area contributed by atoms with Crippen LogP contribution in [0.5, 0.6) is 0 Å². The average molecular weight is 346 g/mol. The van der Waals surface area contributed by atoms with Gasteiger partial charge < -0.3 is 10.0 Å². The van der Waals surface area contributed by atoms with Gasteiger partial charge in [0.25, 0.3) is 5.91 Å². The van der Waals surface area contributed by atoms with Gasteiger partial charge in [-0.2, -0.15) is 5.10 Å². The molecule has 1 atom stereocenters. The van der Waals surface area contributed by atoms with E-state index in [9.17, 15) is 9.90 Å². The van der Waals surface area contributed by atoms with Crippen LogP contribution in [0.1, 0.15) is 46.8 Å². The Morgan fingerprint density at radius 1 is 1.46 bits per heavy atom. The number of halogens is 1. The minimum Gasteiger partial charge on any atom is -0.388 e. The number of carbonyl (C=O) groups is 1. The summed E-state index contributed by atoms with van der Waals surface area (Å²) in [5.74, 6) is 0.409. The van der Waals surface area contributed by atoms with Gasteiger partial charge in [0.2, 0.25) is 0 Å². The van der Waals surface area contributed by atoms with E-state index in [4.69, 9.17) is 11.6 Å². The van der Waals surface area contributed by atoms with Gasteiger partial charge >= 0.3 is 0 Å². The van der Waals surface area contributed by atoms with E-state index in [0.717, 1.165) is 24.1 Å². The number of amides is 1. The number of rotatable bonds is 4. The maximum Gasteiger partial charge on any atom is 0.257 e. The predicted molar refractivity (Wildman–Crippen MR) is 91.2 cm³/mol. The Bertz CT molecular complexity index is 771. The molecule has 0 spiro atoms. The first-order valence-corrected chi connectivity index (χ1v) is 8.71. The molecule has 1 saturated carbocycles. The van der Waals surface area contributed by atoms with E-state index >= 15 is 0 Å². The lowest BCUT2D eigenvalue weighted by atomic mass is 9.94. The van der Waals surface area contributed by atoms with Crippen molar-refractivity contribution in [2.45, 2.75) is 37.2 Å². The van der Waals surface area contributed by atoms with Crippen LogP contribution in [0.2, 0.25) is 5.02 Å². The molecular formula is C18H20ClN3O2. The number of benzene rings is 1. The van der Waals surface area contributed by atoms with Gasteiger partial charge in [-0.1, -0.05) is 23.7 Å². The van der Waals surface area contributed by atoms with Crippen molar-refractivity contribution in [3.05, 3.63) is 52.3 Å². The number of nitrogens with zero attached hydrogens (tertiary/aromatic N) is 2. The molecule has 24 heavy (non-hydrogen) atoms. The number of hydrogen-bond donors (Lipinski definition) is 2. The molecule has 2 N–H and O–H groups in total. The first-order valence-electron chi connectivity index (χ1n) is 8.33. The number of β-amino-alcohol motifs (C(OH)–C–C–N with tert-alkyl or cyclic N) is 1. The van der Waals surface area contributed by atoms with Crippen molar-refractivity contribution in [3.63, 3.8) is 0 Å². The Balaban J connectivity index is 1.47. The highest BCUT2D eigenvalue weighted by Crippen LogP contribution is 2.41. The van der Waals surface area contributed by atoms with Crippen molar-refractivity contribution in [2.75, 3.05) is 13.1 Å². The summed E-state index contributed by atoms with van der Waals surface area (Å²) in [4.78, 5) is 14.5. The molecule has 1 unspecified atom stereocenters. The monoisotopic (exact) mass is 345 g/mol. The zero-order valence-electron chi connectivity index (χ0n) is 13.3. The number of likely N-dealkylation sites (tertiary alicyclic amines) is 1. The number of aromatic amines is 1. The van der Waals surface area contributed by atoms with Gasteiger partial charge in [-0.25, -0.2) is 0 Å². The molecule has 1 saturated heterocycles. The van der Waals surface area contributed by atoms with Gasteiger partial charge in [-0.05, 0) is 37.0 Å². The molecule has 2 heterocycles. The highest BCUT2D eigenvalue weighted by Gasteiger charge is 2.40. The van der Waals surface area contributed by atoms with Crippen LogP contribution in [0.15, 0.2) is 30.5 Å². The van der Waals surface area contributed by atoms with E-state index < -0.39 is 5.60 Å². The normalized spacial score (nSPS) is 23.7. The molecular weight excluding hydrogens is 326 g/mol. The summed E-state index contributed by atoms with van der Waals surface area (Å²) in [6.45, 7) is 0.902. The highest BCUT2D eigenvalue weighted by atomic mass is 35.5. The fraction of sp³-hybridized carbons (Fsp3) is 0.444. The first-order chi connectivity index (χ1) is 11.5. The second-order valence-electron chi connectivity index (χ2n) is 6.98. The Morgan fingerprint density at radius 3 is 3.04 bits per heavy atom. The third kappa shape index (κ3) is 3.06. The van der Waals surface area contributed by atoms with E-state index in [1.807, 2.05) is 24.3 Å². The summed E-state index contributed by atoms with van der Waals surface area (Å²) < 4.78 is 0. The second kappa shape index (κ2) is 5.90. The average Bonchev–Trinajstić information content (AvgIpc) is 3.14. The van der Waals surface area contributed by atoms with Gasteiger partial charge in [0.15, 0.2) is 0 Å². The SMILES string of the molecule is O=C(c1cn[nH]c1C1CC1)N1CCC(O)(Cc2cccc(Cl)c2)C1. The molecule has 6 heteroatoms. The minimum absolute atomic E-state index is 0.0346. The number of H-pyrrole nitrogens is 1. The lowest BCUT2D eigenvalue weighted by molar-refractivity contribution is 0.0445. The van der Waals surface area contributed by atoms with Gasteiger partial charge in [-0.3, -0.25) is 9.89 Å². The largest absolute Gasteiger partial charge is 0.388 e. The molecule has 5 nitrogen and oxygen atoms in total. The van der Waals surface area contributed by atoms with Gasteiger partial charge in [-0.15, -0.1) is 0 Å². The fourth-order valence-corrected chi connectivity index (χ4v) is 3.73. The first kappa shape index (κ1) is 15.7. The molecule has 4 rings (SSSR count). The van der Waals surface area contributed by atoms with Crippen LogP contribution in [-0.2, 0) is 6.42 Å². The Labute approximate surface area is 145 Å². The fourth-order valence-electron chi connectivity index (χ4n) is 3.52. The minimum atomic E-state index is -0.899. The maximum atomic E-state index is 12.8. The molecule has 126 valence electrons. The molecule has 1 aromatic carbocycles. The summed E-state index contributed by atoms with van der Waals surface area (Å²) in [6, 6.07) is 7.52. The van der Waals surface area contributed by atoms with Crippen LogP contribution >= 0.6 is 11.6 Å². The number of aliphatic hydroxyl groups is 1. The van der Waals surface area contributed by atoms with Crippen molar-refractivity contribution in [1.29, 1.82) is 0 Å². The Hall–Kier alpha value is -1.85. The van der Waals surface area contributed by atoms with Crippen molar-refractivity contribution in [1.82, 2.24) is 15.1 Å². The molecule has 0 bridgehead atoms. The van der Waals surface area contributed by atoms with Crippen LogP contribution in [0.25, 0.3) is 0 Å². The van der Waals surface area contributed by atoms with E-state index in [-0.39, 0.29) is 5.91 Å². The van der Waals surface area contributed by atoms with Crippen molar-refractivity contribution < 1.29 is 9.90 Å². The number of nitrogens with one attached hydrogen (secondary N) is 1. The standard InChI is InChI=1S/C18H20ClN3O2/c19-14-3-1-2-12(8-14)9-18(24)6-7-22(11-18)17(23)15-10-20-21-16(15)13-4-5-13/h1-3,8,10,13,24H,4-7,9,11H2,(H,20,21). The van der Waals surface area contributed by atoms with Crippen molar-refractivity contribution in [2.24, 2.45) is 0 Å². The zero-order chi connectivity index (χ0) is 16.7. The molecule has 1 amide bonds. The molecule has 1 aliphatic heterocycles. The van der Waals surface area contributed by atoms with Crippen LogP contribution in [-0.4, -0.2) is 44.8 Å².